The van der Waals surface area contributed by atoms with Crippen molar-refractivity contribution in [3.8, 4) is 11.5 Å². The van der Waals surface area contributed by atoms with E-state index >= 15 is 0 Å². The number of amides is 1. The fourth-order valence-electron chi connectivity index (χ4n) is 2.35. The first kappa shape index (κ1) is 14.7. The fraction of sp³-hybridized carbons (Fsp3) is 0.235. The molecule has 0 spiro atoms. The molecule has 3 rings (SSSR count). The van der Waals surface area contributed by atoms with E-state index in [4.69, 9.17) is 21.1 Å². The number of carbonyl (C=O) groups is 1. The van der Waals surface area contributed by atoms with E-state index in [1.165, 1.54) is 0 Å². The first-order valence-corrected chi connectivity index (χ1v) is 7.41. The second-order valence-electron chi connectivity index (χ2n) is 5.11. The third-order valence-electron chi connectivity index (χ3n) is 3.50. The monoisotopic (exact) mass is 317 g/mol. The summed E-state index contributed by atoms with van der Waals surface area (Å²) < 4.78 is 11.0. The summed E-state index contributed by atoms with van der Waals surface area (Å²) >= 11 is 6.14. The Kier molecular flexibility index (Phi) is 4.20. The van der Waals surface area contributed by atoms with Crippen LogP contribution in [0, 0.1) is 0 Å². The molecule has 0 atom stereocenters. The molecule has 1 amide bonds. The highest BCUT2D eigenvalue weighted by Crippen LogP contribution is 2.31. The Labute approximate surface area is 134 Å². The van der Waals surface area contributed by atoms with Crippen molar-refractivity contribution in [2.75, 3.05) is 20.3 Å². The zero-order valence-corrected chi connectivity index (χ0v) is 13.0. The number of benzene rings is 2. The lowest BCUT2D eigenvalue weighted by Crippen LogP contribution is -2.26. The van der Waals surface area contributed by atoms with Gasteiger partial charge in [0.1, 0.15) is 13.2 Å². The van der Waals surface area contributed by atoms with Crippen LogP contribution in [0.1, 0.15) is 15.9 Å². The van der Waals surface area contributed by atoms with Crippen molar-refractivity contribution in [3.63, 3.8) is 0 Å². The van der Waals surface area contributed by atoms with E-state index < -0.39 is 0 Å². The van der Waals surface area contributed by atoms with Gasteiger partial charge in [0.2, 0.25) is 0 Å². The highest BCUT2D eigenvalue weighted by molar-refractivity contribution is 6.31. The van der Waals surface area contributed by atoms with Crippen molar-refractivity contribution >= 4 is 17.5 Å². The van der Waals surface area contributed by atoms with Crippen LogP contribution >= 0.6 is 11.6 Å². The normalized spacial score (nSPS) is 12.8. The van der Waals surface area contributed by atoms with Crippen molar-refractivity contribution in [2.24, 2.45) is 0 Å². The Morgan fingerprint density at radius 2 is 1.86 bits per heavy atom. The molecule has 1 aliphatic heterocycles. The van der Waals surface area contributed by atoms with Crippen LogP contribution in [-0.4, -0.2) is 31.1 Å². The summed E-state index contributed by atoms with van der Waals surface area (Å²) in [4.78, 5) is 14.2. The summed E-state index contributed by atoms with van der Waals surface area (Å²) in [6, 6.07) is 12.7. The summed E-state index contributed by atoms with van der Waals surface area (Å²) in [6.45, 7) is 1.49. The number of hydrogen-bond acceptors (Lipinski definition) is 3. The quantitative estimate of drug-likeness (QED) is 0.871. The summed E-state index contributed by atoms with van der Waals surface area (Å²) in [6.07, 6.45) is 0. The second-order valence-corrected chi connectivity index (χ2v) is 5.52. The molecule has 0 aromatic heterocycles. The number of halogens is 1. The molecule has 0 bridgehead atoms. The zero-order chi connectivity index (χ0) is 15.5. The molecule has 0 radical (unpaired) electrons. The number of fused-ring (bicyclic) bond motifs is 1. The van der Waals surface area contributed by atoms with Gasteiger partial charge in [-0.1, -0.05) is 29.8 Å². The van der Waals surface area contributed by atoms with Crippen LogP contribution in [0.15, 0.2) is 42.5 Å². The molecule has 0 aliphatic carbocycles. The van der Waals surface area contributed by atoms with E-state index in [2.05, 4.69) is 0 Å². The standard InChI is InChI=1S/C17H16ClNO3/c1-19(11-13-4-2-3-5-14(13)18)17(20)12-6-7-15-16(10-12)22-9-8-21-15/h2-7,10H,8-9,11H2,1H3. The van der Waals surface area contributed by atoms with E-state index in [-0.39, 0.29) is 5.91 Å². The lowest BCUT2D eigenvalue weighted by Gasteiger charge is -2.21. The minimum absolute atomic E-state index is 0.0862. The lowest BCUT2D eigenvalue weighted by atomic mass is 10.1. The zero-order valence-electron chi connectivity index (χ0n) is 12.2. The van der Waals surface area contributed by atoms with Gasteiger partial charge < -0.3 is 14.4 Å². The summed E-state index contributed by atoms with van der Waals surface area (Å²) in [5.74, 6) is 1.21. The van der Waals surface area contributed by atoms with E-state index in [1.54, 1.807) is 30.1 Å². The van der Waals surface area contributed by atoms with Crippen LogP contribution in [0.3, 0.4) is 0 Å². The molecule has 22 heavy (non-hydrogen) atoms. The predicted molar refractivity (Wildman–Crippen MR) is 84.7 cm³/mol. The van der Waals surface area contributed by atoms with E-state index in [0.717, 1.165) is 5.56 Å². The van der Waals surface area contributed by atoms with E-state index in [1.807, 2.05) is 24.3 Å². The molecule has 0 saturated carbocycles. The largest absolute Gasteiger partial charge is 0.486 e. The molecular weight excluding hydrogens is 302 g/mol. The average molecular weight is 318 g/mol. The van der Waals surface area contributed by atoms with Gasteiger partial charge in [-0.05, 0) is 29.8 Å². The van der Waals surface area contributed by atoms with Crippen LogP contribution in [0.25, 0.3) is 0 Å². The minimum Gasteiger partial charge on any atom is -0.486 e. The molecular formula is C17H16ClNO3. The summed E-state index contributed by atoms with van der Waals surface area (Å²) in [5, 5.41) is 0.657. The maximum absolute atomic E-state index is 12.5. The topological polar surface area (TPSA) is 38.8 Å². The number of rotatable bonds is 3. The van der Waals surface area contributed by atoms with Crippen molar-refractivity contribution in [1.82, 2.24) is 4.90 Å². The highest BCUT2D eigenvalue weighted by atomic mass is 35.5. The van der Waals surface area contributed by atoms with Gasteiger partial charge in [0, 0.05) is 24.2 Å². The summed E-state index contributed by atoms with van der Waals surface area (Å²) in [7, 11) is 1.75. The SMILES string of the molecule is CN(Cc1ccccc1Cl)C(=O)c1ccc2c(c1)OCCO2. The third-order valence-corrected chi connectivity index (χ3v) is 3.87. The molecule has 0 fully saturated rings. The predicted octanol–water partition coefficient (Wildman–Crippen LogP) is 3.38. The Balaban J connectivity index is 1.77. The molecule has 4 nitrogen and oxygen atoms in total. The van der Waals surface area contributed by atoms with Gasteiger partial charge in [0.05, 0.1) is 0 Å². The van der Waals surface area contributed by atoms with Gasteiger partial charge >= 0.3 is 0 Å². The number of carbonyl (C=O) groups excluding carboxylic acids is 1. The second kappa shape index (κ2) is 6.28. The van der Waals surface area contributed by atoms with Gasteiger partial charge in [-0.25, -0.2) is 0 Å². The van der Waals surface area contributed by atoms with Crippen molar-refractivity contribution in [3.05, 3.63) is 58.6 Å². The van der Waals surface area contributed by atoms with Gasteiger partial charge in [0.25, 0.3) is 5.91 Å². The number of hydrogen-bond donors (Lipinski definition) is 0. The maximum atomic E-state index is 12.5. The minimum atomic E-state index is -0.0862. The summed E-state index contributed by atoms with van der Waals surface area (Å²) in [5.41, 5.74) is 1.48. The molecule has 0 N–H and O–H groups in total. The number of nitrogens with zero attached hydrogens (tertiary/aromatic N) is 1. The Morgan fingerprint density at radius 1 is 1.14 bits per heavy atom. The Bertz CT molecular complexity index is 702. The molecule has 2 aromatic carbocycles. The van der Waals surface area contributed by atoms with Crippen molar-refractivity contribution in [1.29, 1.82) is 0 Å². The number of ether oxygens (including phenoxy) is 2. The van der Waals surface area contributed by atoms with Crippen LogP contribution in [-0.2, 0) is 6.54 Å². The highest BCUT2D eigenvalue weighted by Gasteiger charge is 2.18. The molecule has 1 heterocycles. The van der Waals surface area contributed by atoms with Crippen LogP contribution in [0.5, 0.6) is 11.5 Å². The van der Waals surface area contributed by atoms with Gasteiger partial charge in [-0.3, -0.25) is 4.79 Å². The first-order valence-electron chi connectivity index (χ1n) is 7.03. The fourth-order valence-corrected chi connectivity index (χ4v) is 2.55. The molecule has 0 saturated heterocycles. The first-order chi connectivity index (χ1) is 10.6. The van der Waals surface area contributed by atoms with Gasteiger partial charge in [0.15, 0.2) is 11.5 Å². The Hall–Kier alpha value is -2.20. The molecule has 2 aromatic rings. The van der Waals surface area contributed by atoms with E-state index in [9.17, 15) is 4.79 Å². The molecule has 5 heteroatoms. The molecule has 0 unspecified atom stereocenters. The van der Waals surface area contributed by atoms with Crippen molar-refractivity contribution < 1.29 is 14.3 Å². The molecule has 114 valence electrons. The Morgan fingerprint density at radius 3 is 2.64 bits per heavy atom. The van der Waals surface area contributed by atoms with Gasteiger partial charge in [-0.15, -0.1) is 0 Å². The average Bonchev–Trinajstić information content (AvgIpc) is 2.55. The molecule has 1 aliphatic rings. The van der Waals surface area contributed by atoms with E-state index in [0.29, 0.717) is 41.8 Å². The maximum Gasteiger partial charge on any atom is 0.254 e. The lowest BCUT2D eigenvalue weighted by molar-refractivity contribution is 0.0784. The van der Waals surface area contributed by atoms with Crippen LogP contribution in [0.2, 0.25) is 5.02 Å². The van der Waals surface area contributed by atoms with Crippen LogP contribution < -0.4 is 9.47 Å². The van der Waals surface area contributed by atoms with Crippen molar-refractivity contribution in [2.45, 2.75) is 6.54 Å². The van der Waals surface area contributed by atoms with Gasteiger partial charge in [-0.2, -0.15) is 0 Å². The smallest absolute Gasteiger partial charge is 0.254 e. The third kappa shape index (κ3) is 3.02. The van der Waals surface area contributed by atoms with Crippen LogP contribution in [0.4, 0.5) is 0 Å².